The Morgan fingerprint density at radius 1 is 1.04 bits per heavy atom. The summed E-state index contributed by atoms with van der Waals surface area (Å²) in [5.74, 6) is 1.17. The van der Waals surface area contributed by atoms with Gasteiger partial charge in [-0.15, -0.1) is 0 Å². The molecule has 1 amide bonds. The normalized spacial score (nSPS) is 11.6. The molecule has 2 aromatic rings. The Hall–Kier alpha value is -2.80. The maximum absolute atomic E-state index is 13.8. The van der Waals surface area contributed by atoms with Gasteiger partial charge in [-0.1, -0.05) is 18.2 Å². The fourth-order valence-electron chi connectivity index (χ4n) is 2.67. The third-order valence-corrected chi connectivity index (χ3v) is 4.20. The van der Waals surface area contributed by atoms with Crippen molar-refractivity contribution in [3.63, 3.8) is 0 Å². The molecule has 0 spiro atoms. The van der Waals surface area contributed by atoms with Crippen LogP contribution in [0.4, 0.5) is 4.39 Å². The van der Waals surface area contributed by atoms with Crippen LogP contribution in [-0.2, 0) is 11.3 Å². The maximum atomic E-state index is 13.8. The number of ether oxygens (including phenoxy) is 3. The predicted octanol–water partition coefficient (Wildman–Crippen LogP) is 2.82. The van der Waals surface area contributed by atoms with E-state index in [2.05, 4.69) is 10.6 Å². The van der Waals surface area contributed by atoms with E-state index in [1.54, 1.807) is 51.7 Å². The van der Waals surface area contributed by atoms with Gasteiger partial charge < -0.3 is 24.8 Å². The van der Waals surface area contributed by atoms with Crippen molar-refractivity contribution in [3.8, 4) is 17.2 Å². The van der Waals surface area contributed by atoms with E-state index in [1.807, 2.05) is 6.92 Å². The second-order valence-electron chi connectivity index (χ2n) is 5.92. The standard InChI is InChI=1S/C20H25FN2O4/c1-13(15-7-5-6-8-16(15)21)22-12-20(24)23-11-14-9-18(26-3)19(27-4)10-17(14)25-2/h5-10,13,22H,11-12H2,1-4H3,(H,23,24). The Labute approximate surface area is 158 Å². The lowest BCUT2D eigenvalue weighted by molar-refractivity contribution is -0.120. The quantitative estimate of drug-likeness (QED) is 0.704. The third-order valence-electron chi connectivity index (χ3n) is 4.20. The molecule has 0 aromatic heterocycles. The topological polar surface area (TPSA) is 68.8 Å². The average Bonchev–Trinajstić information content (AvgIpc) is 2.69. The number of methoxy groups -OCH3 is 3. The van der Waals surface area contributed by atoms with Gasteiger partial charge in [0, 0.05) is 29.8 Å². The fourth-order valence-corrected chi connectivity index (χ4v) is 2.67. The van der Waals surface area contributed by atoms with Crippen LogP contribution in [0.25, 0.3) is 0 Å². The molecule has 6 nitrogen and oxygen atoms in total. The summed E-state index contributed by atoms with van der Waals surface area (Å²) in [5.41, 5.74) is 1.28. The number of halogens is 1. The van der Waals surface area contributed by atoms with Crippen LogP contribution in [0.15, 0.2) is 36.4 Å². The van der Waals surface area contributed by atoms with Gasteiger partial charge in [0.25, 0.3) is 0 Å². The summed E-state index contributed by atoms with van der Waals surface area (Å²) in [6.07, 6.45) is 0. The van der Waals surface area contributed by atoms with E-state index in [0.717, 1.165) is 5.56 Å². The highest BCUT2D eigenvalue weighted by Gasteiger charge is 2.14. The number of nitrogens with one attached hydrogen (secondary N) is 2. The lowest BCUT2D eigenvalue weighted by atomic mass is 10.1. The van der Waals surface area contributed by atoms with Crippen molar-refractivity contribution < 1.29 is 23.4 Å². The third kappa shape index (κ3) is 5.34. The molecule has 0 saturated heterocycles. The van der Waals surface area contributed by atoms with Crippen molar-refractivity contribution >= 4 is 5.91 Å². The maximum Gasteiger partial charge on any atom is 0.234 e. The zero-order valence-corrected chi connectivity index (χ0v) is 16.0. The number of carbonyl (C=O) groups is 1. The lowest BCUT2D eigenvalue weighted by Crippen LogP contribution is -2.35. The molecule has 0 aliphatic heterocycles. The van der Waals surface area contributed by atoms with Crippen LogP contribution in [0, 0.1) is 5.82 Å². The molecule has 0 heterocycles. The molecule has 2 rings (SSSR count). The lowest BCUT2D eigenvalue weighted by Gasteiger charge is -2.16. The number of benzene rings is 2. The first-order valence-electron chi connectivity index (χ1n) is 8.53. The van der Waals surface area contributed by atoms with E-state index in [0.29, 0.717) is 22.8 Å². The van der Waals surface area contributed by atoms with Crippen LogP contribution in [0.1, 0.15) is 24.1 Å². The second-order valence-corrected chi connectivity index (χ2v) is 5.92. The summed E-state index contributed by atoms with van der Waals surface area (Å²) in [5, 5.41) is 5.83. The van der Waals surface area contributed by atoms with Crippen LogP contribution in [-0.4, -0.2) is 33.8 Å². The first-order valence-corrected chi connectivity index (χ1v) is 8.53. The van der Waals surface area contributed by atoms with Gasteiger partial charge in [-0.3, -0.25) is 4.79 Å². The van der Waals surface area contributed by atoms with Crippen LogP contribution in [0.3, 0.4) is 0 Å². The van der Waals surface area contributed by atoms with Gasteiger partial charge >= 0.3 is 0 Å². The summed E-state index contributed by atoms with van der Waals surface area (Å²) in [4.78, 5) is 12.2. The van der Waals surface area contributed by atoms with Crippen molar-refractivity contribution in [3.05, 3.63) is 53.3 Å². The fraction of sp³-hybridized carbons (Fsp3) is 0.350. The van der Waals surface area contributed by atoms with E-state index in [1.165, 1.54) is 6.07 Å². The Morgan fingerprint density at radius 3 is 2.30 bits per heavy atom. The monoisotopic (exact) mass is 376 g/mol. The van der Waals surface area contributed by atoms with Crippen molar-refractivity contribution in [2.75, 3.05) is 27.9 Å². The zero-order valence-electron chi connectivity index (χ0n) is 16.0. The molecule has 0 aliphatic rings. The first kappa shape index (κ1) is 20.5. The molecule has 0 bridgehead atoms. The van der Waals surface area contributed by atoms with Gasteiger partial charge in [-0.2, -0.15) is 0 Å². The highest BCUT2D eigenvalue weighted by molar-refractivity contribution is 5.78. The number of carbonyl (C=O) groups excluding carboxylic acids is 1. The van der Waals surface area contributed by atoms with Crippen LogP contribution < -0.4 is 24.8 Å². The molecule has 27 heavy (non-hydrogen) atoms. The average molecular weight is 376 g/mol. The van der Waals surface area contributed by atoms with Crippen molar-refractivity contribution in [1.29, 1.82) is 0 Å². The SMILES string of the molecule is COc1cc(OC)c(OC)cc1CNC(=O)CNC(C)c1ccccc1F. The molecule has 7 heteroatoms. The predicted molar refractivity (Wildman–Crippen MR) is 101 cm³/mol. The molecule has 2 N–H and O–H groups in total. The van der Waals surface area contributed by atoms with Gasteiger partial charge in [0.2, 0.25) is 5.91 Å². The number of amides is 1. The molecule has 1 unspecified atom stereocenters. The van der Waals surface area contributed by atoms with Gasteiger partial charge in [0.05, 0.1) is 27.9 Å². The summed E-state index contributed by atoms with van der Waals surface area (Å²) in [6.45, 7) is 2.13. The van der Waals surface area contributed by atoms with Crippen molar-refractivity contribution in [2.45, 2.75) is 19.5 Å². The zero-order chi connectivity index (χ0) is 19.8. The number of hydrogen-bond donors (Lipinski definition) is 2. The molecule has 146 valence electrons. The van der Waals surface area contributed by atoms with Crippen molar-refractivity contribution in [2.24, 2.45) is 0 Å². The first-order chi connectivity index (χ1) is 13.0. The van der Waals surface area contributed by atoms with Crippen LogP contribution >= 0.6 is 0 Å². The molecular weight excluding hydrogens is 351 g/mol. The van der Waals surface area contributed by atoms with Crippen LogP contribution in [0.2, 0.25) is 0 Å². The molecule has 0 saturated carbocycles. The van der Waals surface area contributed by atoms with Gasteiger partial charge in [0.1, 0.15) is 11.6 Å². The van der Waals surface area contributed by atoms with E-state index in [4.69, 9.17) is 14.2 Å². The highest BCUT2D eigenvalue weighted by atomic mass is 19.1. The van der Waals surface area contributed by atoms with E-state index >= 15 is 0 Å². The smallest absolute Gasteiger partial charge is 0.234 e. The van der Waals surface area contributed by atoms with Gasteiger partial charge in [-0.25, -0.2) is 4.39 Å². The summed E-state index contributed by atoms with van der Waals surface area (Å²) in [6, 6.07) is 9.67. The largest absolute Gasteiger partial charge is 0.496 e. The Balaban J connectivity index is 1.94. The molecular formula is C20H25FN2O4. The van der Waals surface area contributed by atoms with E-state index in [9.17, 15) is 9.18 Å². The summed E-state index contributed by atoms with van der Waals surface area (Å²) >= 11 is 0. The molecule has 0 fully saturated rings. The number of hydrogen-bond acceptors (Lipinski definition) is 5. The van der Waals surface area contributed by atoms with E-state index in [-0.39, 0.29) is 30.9 Å². The summed E-state index contributed by atoms with van der Waals surface area (Å²) in [7, 11) is 4.63. The summed E-state index contributed by atoms with van der Waals surface area (Å²) < 4.78 is 29.6. The number of rotatable bonds is 9. The van der Waals surface area contributed by atoms with E-state index < -0.39 is 0 Å². The minimum Gasteiger partial charge on any atom is -0.496 e. The Kier molecular flexibility index (Phi) is 7.43. The Bertz CT molecular complexity index is 783. The highest BCUT2D eigenvalue weighted by Crippen LogP contribution is 2.34. The minimum atomic E-state index is -0.298. The van der Waals surface area contributed by atoms with Crippen molar-refractivity contribution in [1.82, 2.24) is 10.6 Å². The molecule has 0 radical (unpaired) electrons. The van der Waals surface area contributed by atoms with Gasteiger partial charge in [-0.05, 0) is 19.1 Å². The van der Waals surface area contributed by atoms with Gasteiger partial charge in [0.15, 0.2) is 11.5 Å². The Morgan fingerprint density at radius 2 is 1.67 bits per heavy atom. The molecule has 2 aromatic carbocycles. The molecule has 0 aliphatic carbocycles. The van der Waals surface area contributed by atoms with Crippen LogP contribution in [0.5, 0.6) is 17.2 Å². The second kappa shape index (κ2) is 9.78. The molecule has 1 atom stereocenters. The minimum absolute atomic E-state index is 0.0606.